The van der Waals surface area contributed by atoms with Gasteiger partial charge in [0.05, 0.1) is 5.60 Å². The number of hydrogen-bond donors (Lipinski definition) is 2. The number of aromatic nitrogens is 1. The van der Waals surface area contributed by atoms with Crippen LogP contribution in [0.5, 0.6) is 0 Å². The van der Waals surface area contributed by atoms with Gasteiger partial charge in [-0.05, 0) is 43.4 Å². The zero-order valence-electron chi connectivity index (χ0n) is 9.65. The number of pyridine rings is 1. The molecule has 4 N–H and O–H groups in total. The normalized spacial score (nSPS) is 20.1. The summed E-state index contributed by atoms with van der Waals surface area (Å²) >= 11 is 0. The van der Waals surface area contributed by atoms with E-state index in [1.54, 1.807) is 13.3 Å². The molecule has 88 valence electrons. The Balaban J connectivity index is 2.04. The highest BCUT2D eigenvalue weighted by Gasteiger charge is 2.42. The standard InChI is InChI=1S/C12H19N3O/c1-16-12(4-2-5-12)10(13)7-9-3-6-15-11(14)8-9/h3,6,8,10H,2,4-5,7,13H2,1H3,(H2,14,15). The Morgan fingerprint density at radius 1 is 1.56 bits per heavy atom. The van der Waals surface area contributed by atoms with Crippen LogP contribution in [0, 0.1) is 0 Å². The molecule has 1 fully saturated rings. The van der Waals surface area contributed by atoms with Gasteiger partial charge in [0.15, 0.2) is 0 Å². The van der Waals surface area contributed by atoms with E-state index in [1.165, 1.54) is 6.42 Å². The largest absolute Gasteiger partial charge is 0.384 e. The smallest absolute Gasteiger partial charge is 0.123 e. The molecular formula is C12H19N3O. The lowest BCUT2D eigenvalue weighted by atomic mass is 9.73. The molecule has 1 aliphatic rings. The van der Waals surface area contributed by atoms with Gasteiger partial charge in [-0.15, -0.1) is 0 Å². The monoisotopic (exact) mass is 221 g/mol. The van der Waals surface area contributed by atoms with Crippen LogP contribution in [0.15, 0.2) is 18.3 Å². The molecule has 0 saturated heterocycles. The molecule has 0 amide bonds. The van der Waals surface area contributed by atoms with Gasteiger partial charge in [-0.1, -0.05) is 0 Å². The molecule has 0 radical (unpaired) electrons. The maximum atomic E-state index is 6.22. The average molecular weight is 221 g/mol. The number of hydrogen-bond acceptors (Lipinski definition) is 4. The van der Waals surface area contributed by atoms with E-state index in [1.807, 2.05) is 12.1 Å². The van der Waals surface area contributed by atoms with Crippen LogP contribution in [0.4, 0.5) is 5.82 Å². The van der Waals surface area contributed by atoms with Crippen molar-refractivity contribution in [3.05, 3.63) is 23.9 Å². The average Bonchev–Trinajstić information content (AvgIpc) is 2.16. The highest BCUT2D eigenvalue weighted by Crippen LogP contribution is 2.38. The molecule has 0 aliphatic heterocycles. The summed E-state index contributed by atoms with van der Waals surface area (Å²) in [4.78, 5) is 3.97. The summed E-state index contributed by atoms with van der Waals surface area (Å²) in [5, 5.41) is 0. The number of nitrogens with zero attached hydrogens (tertiary/aromatic N) is 1. The zero-order chi connectivity index (χ0) is 11.6. The van der Waals surface area contributed by atoms with Gasteiger partial charge in [-0.25, -0.2) is 4.98 Å². The SMILES string of the molecule is COC1(C(N)Cc2ccnc(N)c2)CCC1. The Hall–Kier alpha value is -1.13. The van der Waals surface area contributed by atoms with E-state index in [0.717, 1.165) is 24.8 Å². The minimum Gasteiger partial charge on any atom is -0.384 e. The molecule has 0 aromatic carbocycles. The van der Waals surface area contributed by atoms with E-state index in [2.05, 4.69) is 4.98 Å². The quantitative estimate of drug-likeness (QED) is 0.798. The fraction of sp³-hybridized carbons (Fsp3) is 0.583. The molecule has 1 saturated carbocycles. The molecule has 1 aliphatic carbocycles. The molecule has 0 spiro atoms. The third-order valence-corrected chi connectivity index (χ3v) is 3.58. The molecule has 1 heterocycles. The Labute approximate surface area is 96.0 Å². The van der Waals surface area contributed by atoms with E-state index in [4.69, 9.17) is 16.2 Å². The van der Waals surface area contributed by atoms with Crippen molar-refractivity contribution in [1.82, 2.24) is 4.98 Å². The van der Waals surface area contributed by atoms with Crippen LogP contribution in [0.1, 0.15) is 24.8 Å². The van der Waals surface area contributed by atoms with Gasteiger partial charge in [0.1, 0.15) is 5.82 Å². The number of ether oxygens (including phenoxy) is 1. The minimum atomic E-state index is -0.113. The van der Waals surface area contributed by atoms with E-state index < -0.39 is 0 Å². The number of nitrogens with two attached hydrogens (primary N) is 2. The fourth-order valence-corrected chi connectivity index (χ4v) is 2.31. The Morgan fingerprint density at radius 2 is 2.31 bits per heavy atom. The first kappa shape index (κ1) is 11.4. The van der Waals surface area contributed by atoms with E-state index >= 15 is 0 Å². The number of methoxy groups -OCH3 is 1. The summed E-state index contributed by atoms with van der Waals surface area (Å²) in [5.74, 6) is 0.546. The lowest BCUT2D eigenvalue weighted by molar-refractivity contribution is -0.0897. The third-order valence-electron chi connectivity index (χ3n) is 3.58. The van der Waals surface area contributed by atoms with E-state index in [0.29, 0.717) is 5.82 Å². The lowest BCUT2D eigenvalue weighted by Crippen LogP contribution is -2.55. The molecule has 2 rings (SSSR count). The summed E-state index contributed by atoms with van der Waals surface area (Å²) in [6.07, 6.45) is 5.84. The topological polar surface area (TPSA) is 74.2 Å². The first-order chi connectivity index (χ1) is 7.66. The number of anilines is 1. The van der Waals surface area contributed by atoms with Crippen molar-refractivity contribution in [2.45, 2.75) is 37.3 Å². The van der Waals surface area contributed by atoms with Crippen LogP contribution in [-0.4, -0.2) is 23.7 Å². The lowest BCUT2D eigenvalue weighted by Gasteiger charge is -2.45. The van der Waals surface area contributed by atoms with E-state index in [9.17, 15) is 0 Å². The van der Waals surface area contributed by atoms with Crippen LogP contribution in [0.3, 0.4) is 0 Å². The molecule has 0 bridgehead atoms. The first-order valence-corrected chi connectivity index (χ1v) is 5.67. The summed E-state index contributed by atoms with van der Waals surface area (Å²) in [6, 6.07) is 3.87. The summed E-state index contributed by atoms with van der Waals surface area (Å²) in [6.45, 7) is 0. The minimum absolute atomic E-state index is 0.0352. The van der Waals surface area contributed by atoms with Crippen molar-refractivity contribution in [1.29, 1.82) is 0 Å². The van der Waals surface area contributed by atoms with Gasteiger partial charge in [0, 0.05) is 19.3 Å². The second-order valence-electron chi connectivity index (χ2n) is 4.52. The zero-order valence-corrected chi connectivity index (χ0v) is 9.65. The Morgan fingerprint density at radius 3 is 2.81 bits per heavy atom. The van der Waals surface area contributed by atoms with Gasteiger partial charge in [-0.2, -0.15) is 0 Å². The third kappa shape index (κ3) is 2.03. The van der Waals surface area contributed by atoms with Crippen molar-refractivity contribution in [3.8, 4) is 0 Å². The van der Waals surface area contributed by atoms with Crippen LogP contribution < -0.4 is 11.5 Å². The Kier molecular flexibility index (Phi) is 3.12. The number of rotatable bonds is 4. The van der Waals surface area contributed by atoms with Crippen LogP contribution in [0.25, 0.3) is 0 Å². The van der Waals surface area contributed by atoms with Gasteiger partial charge in [0.25, 0.3) is 0 Å². The van der Waals surface area contributed by atoms with Crippen molar-refractivity contribution in [3.63, 3.8) is 0 Å². The summed E-state index contributed by atoms with van der Waals surface area (Å²) in [7, 11) is 1.75. The second-order valence-corrected chi connectivity index (χ2v) is 4.52. The van der Waals surface area contributed by atoms with Gasteiger partial charge in [0.2, 0.25) is 0 Å². The molecule has 1 unspecified atom stereocenters. The maximum absolute atomic E-state index is 6.22. The van der Waals surface area contributed by atoms with Crippen molar-refractivity contribution in [2.24, 2.45) is 5.73 Å². The Bertz CT molecular complexity index is 358. The molecule has 4 nitrogen and oxygen atoms in total. The molecule has 1 aromatic rings. The fourth-order valence-electron chi connectivity index (χ4n) is 2.31. The molecule has 16 heavy (non-hydrogen) atoms. The van der Waals surface area contributed by atoms with Crippen LogP contribution in [0.2, 0.25) is 0 Å². The maximum Gasteiger partial charge on any atom is 0.123 e. The van der Waals surface area contributed by atoms with Crippen LogP contribution >= 0.6 is 0 Å². The van der Waals surface area contributed by atoms with Gasteiger partial charge >= 0.3 is 0 Å². The number of nitrogen functional groups attached to an aromatic ring is 1. The molecule has 4 heteroatoms. The molecular weight excluding hydrogens is 202 g/mol. The predicted molar refractivity (Wildman–Crippen MR) is 63.9 cm³/mol. The first-order valence-electron chi connectivity index (χ1n) is 5.67. The highest BCUT2D eigenvalue weighted by atomic mass is 16.5. The highest BCUT2D eigenvalue weighted by molar-refractivity contribution is 5.32. The van der Waals surface area contributed by atoms with Crippen molar-refractivity contribution in [2.75, 3.05) is 12.8 Å². The second kappa shape index (κ2) is 4.39. The van der Waals surface area contributed by atoms with Crippen LogP contribution in [-0.2, 0) is 11.2 Å². The predicted octanol–water partition coefficient (Wildman–Crippen LogP) is 1.10. The van der Waals surface area contributed by atoms with Crippen molar-refractivity contribution < 1.29 is 4.74 Å². The molecule has 1 aromatic heterocycles. The van der Waals surface area contributed by atoms with Crippen molar-refractivity contribution >= 4 is 5.82 Å². The van der Waals surface area contributed by atoms with Gasteiger partial charge < -0.3 is 16.2 Å². The molecule has 1 atom stereocenters. The summed E-state index contributed by atoms with van der Waals surface area (Å²) in [5.41, 5.74) is 12.9. The summed E-state index contributed by atoms with van der Waals surface area (Å²) < 4.78 is 5.57. The van der Waals surface area contributed by atoms with Gasteiger partial charge in [-0.3, -0.25) is 0 Å². The van der Waals surface area contributed by atoms with E-state index in [-0.39, 0.29) is 11.6 Å².